The molecule has 0 fully saturated rings. The van der Waals surface area contributed by atoms with E-state index in [1.54, 1.807) is 50.5 Å². The molecule has 0 unspecified atom stereocenters. The van der Waals surface area contributed by atoms with Gasteiger partial charge >= 0.3 is 0 Å². The van der Waals surface area contributed by atoms with Crippen molar-refractivity contribution in [2.45, 2.75) is 19.4 Å². The third-order valence-electron chi connectivity index (χ3n) is 5.42. The van der Waals surface area contributed by atoms with Crippen LogP contribution in [0.1, 0.15) is 33.9 Å². The number of amides is 1. The van der Waals surface area contributed by atoms with Crippen LogP contribution in [0, 0.1) is 0 Å². The SMILES string of the molecule is [2H]C([2H])([2H])NC(=O)c1cnc(Nc2ccc(C(C)(C)O)cn2)cc1Nc1cccc(-c2ccccn2)c1OC. The van der Waals surface area contributed by atoms with Crippen molar-refractivity contribution in [1.29, 1.82) is 0 Å². The Balaban J connectivity index is 1.72. The number of carbonyl (C=O) groups is 1. The summed E-state index contributed by atoms with van der Waals surface area (Å²) >= 11 is 0. The number of ether oxygens (including phenoxy) is 1. The first-order chi connectivity index (χ1) is 18.4. The van der Waals surface area contributed by atoms with Crippen LogP contribution in [0.4, 0.5) is 23.0 Å². The van der Waals surface area contributed by atoms with Crippen molar-refractivity contribution in [2.75, 3.05) is 24.7 Å². The second-order valence-corrected chi connectivity index (χ2v) is 8.41. The predicted molar refractivity (Wildman–Crippen MR) is 140 cm³/mol. The van der Waals surface area contributed by atoms with E-state index >= 15 is 0 Å². The van der Waals surface area contributed by atoms with Crippen LogP contribution in [0.25, 0.3) is 11.3 Å². The quantitative estimate of drug-likeness (QED) is 0.284. The van der Waals surface area contributed by atoms with Crippen molar-refractivity contribution in [3.8, 4) is 17.0 Å². The van der Waals surface area contributed by atoms with Crippen LogP contribution < -0.4 is 20.7 Å². The zero-order chi connectivity index (χ0) is 28.2. The maximum atomic E-state index is 12.9. The Morgan fingerprint density at radius 2 is 1.81 bits per heavy atom. The summed E-state index contributed by atoms with van der Waals surface area (Å²) in [4.78, 5) is 25.9. The number of methoxy groups -OCH3 is 1. The summed E-state index contributed by atoms with van der Waals surface area (Å²) in [5.41, 5.74) is 1.82. The Morgan fingerprint density at radius 3 is 2.47 bits per heavy atom. The molecule has 0 spiro atoms. The van der Waals surface area contributed by atoms with Gasteiger partial charge in [-0.25, -0.2) is 9.97 Å². The first kappa shape index (κ1) is 20.8. The van der Waals surface area contributed by atoms with Crippen LogP contribution in [0.15, 0.2) is 73.2 Å². The Kier molecular flexibility index (Phi) is 6.02. The lowest BCUT2D eigenvalue weighted by molar-refractivity contribution is 0.0782. The summed E-state index contributed by atoms with van der Waals surface area (Å²) in [6.07, 6.45) is 4.49. The molecule has 0 saturated carbocycles. The molecule has 9 nitrogen and oxygen atoms in total. The predicted octanol–water partition coefficient (Wildman–Crippen LogP) is 4.62. The molecule has 4 N–H and O–H groups in total. The summed E-state index contributed by atoms with van der Waals surface area (Å²) in [6, 6.07) is 15.9. The van der Waals surface area contributed by atoms with Gasteiger partial charge in [-0.05, 0) is 44.2 Å². The van der Waals surface area contributed by atoms with Gasteiger partial charge in [0.1, 0.15) is 11.6 Å². The number of anilines is 4. The number of aromatic nitrogens is 3. The fourth-order valence-corrected chi connectivity index (χ4v) is 3.56. The third kappa shape index (κ3) is 5.42. The molecule has 0 aliphatic carbocycles. The number of carbonyl (C=O) groups excluding carboxylic acids is 1. The minimum atomic E-state index is -2.69. The fraction of sp³-hybridized carbons (Fsp3) is 0.185. The third-order valence-corrected chi connectivity index (χ3v) is 5.42. The van der Waals surface area contributed by atoms with E-state index in [0.29, 0.717) is 34.3 Å². The van der Waals surface area contributed by atoms with E-state index in [9.17, 15) is 9.90 Å². The van der Waals surface area contributed by atoms with Crippen LogP contribution in [0.3, 0.4) is 0 Å². The molecule has 9 heteroatoms. The van der Waals surface area contributed by atoms with E-state index in [2.05, 4.69) is 25.6 Å². The van der Waals surface area contributed by atoms with Crippen molar-refractivity contribution in [3.63, 3.8) is 0 Å². The second kappa shape index (κ2) is 10.4. The number of aliphatic hydroxyl groups is 1. The Hall–Kier alpha value is -4.50. The zero-order valence-electron chi connectivity index (χ0n) is 23.0. The van der Waals surface area contributed by atoms with Gasteiger partial charge in [0.15, 0.2) is 5.75 Å². The molecule has 36 heavy (non-hydrogen) atoms. The summed E-state index contributed by atoms with van der Waals surface area (Å²) < 4.78 is 28.0. The van der Waals surface area contributed by atoms with E-state index in [0.717, 1.165) is 5.56 Å². The van der Waals surface area contributed by atoms with E-state index < -0.39 is 18.5 Å². The molecule has 4 aromatic rings. The van der Waals surface area contributed by atoms with Gasteiger partial charge in [0.25, 0.3) is 5.91 Å². The Labute approximate surface area is 213 Å². The van der Waals surface area contributed by atoms with Crippen molar-refractivity contribution >= 4 is 28.9 Å². The molecule has 0 saturated heterocycles. The number of nitrogens with zero attached hydrogens (tertiary/aromatic N) is 3. The highest BCUT2D eigenvalue weighted by Gasteiger charge is 2.18. The molecule has 3 heterocycles. The lowest BCUT2D eigenvalue weighted by Crippen LogP contribution is -2.19. The van der Waals surface area contributed by atoms with E-state index in [-0.39, 0.29) is 11.3 Å². The first-order valence-electron chi connectivity index (χ1n) is 12.6. The van der Waals surface area contributed by atoms with Crippen molar-refractivity contribution in [1.82, 2.24) is 20.3 Å². The molecule has 1 aromatic carbocycles. The van der Waals surface area contributed by atoms with E-state index in [1.165, 1.54) is 13.3 Å². The average molecular weight is 488 g/mol. The molecule has 0 aliphatic rings. The molecule has 0 bridgehead atoms. The zero-order valence-corrected chi connectivity index (χ0v) is 20.0. The molecule has 1 amide bonds. The summed E-state index contributed by atoms with van der Waals surface area (Å²) in [5, 5.41) is 18.4. The number of nitrogens with one attached hydrogen (secondary N) is 3. The highest BCUT2D eigenvalue weighted by Crippen LogP contribution is 2.38. The van der Waals surface area contributed by atoms with Gasteiger partial charge in [0.05, 0.1) is 35.3 Å². The van der Waals surface area contributed by atoms with Crippen molar-refractivity contribution in [2.24, 2.45) is 0 Å². The van der Waals surface area contributed by atoms with Gasteiger partial charge in [0.2, 0.25) is 0 Å². The highest BCUT2D eigenvalue weighted by molar-refractivity contribution is 6.00. The highest BCUT2D eigenvalue weighted by atomic mass is 16.5. The number of hydrogen-bond donors (Lipinski definition) is 4. The van der Waals surface area contributed by atoms with E-state index in [1.807, 2.05) is 35.6 Å². The van der Waals surface area contributed by atoms with Crippen LogP contribution in [-0.2, 0) is 5.60 Å². The van der Waals surface area contributed by atoms with E-state index in [4.69, 9.17) is 8.85 Å². The number of benzene rings is 1. The lowest BCUT2D eigenvalue weighted by Gasteiger charge is -2.18. The number of pyridine rings is 3. The number of para-hydroxylation sites is 1. The van der Waals surface area contributed by atoms with Gasteiger partial charge in [-0.3, -0.25) is 9.78 Å². The topological polar surface area (TPSA) is 121 Å². The fourth-order valence-electron chi connectivity index (χ4n) is 3.56. The monoisotopic (exact) mass is 487 g/mol. The molecular weight excluding hydrogens is 456 g/mol. The minimum absolute atomic E-state index is 0.00676. The summed E-state index contributed by atoms with van der Waals surface area (Å²) in [6.45, 7) is 0.640. The van der Waals surface area contributed by atoms with Crippen LogP contribution in [-0.4, -0.2) is 40.1 Å². The molecule has 0 radical (unpaired) electrons. The molecule has 4 rings (SSSR count). The lowest BCUT2D eigenvalue weighted by atomic mass is 10.0. The first-order valence-corrected chi connectivity index (χ1v) is 11.1. The van der Waals surface area contributed by atoms with Gasteiger partial charge in [-0.1, -0.05) is 18.2 Å². The Bertz CT molecular complexity index is 1460. The van der Waals surface area contributed by atoms with Crippen LogP contribution in [0.2, 0.25) is 0 Å². The maximum Gasteiger partial charge on any atom is 0.254 e. The van der Waals surface area contributed by atoms with Crippen molar-refractivity contribution < 1.29 is 18.8 Å². The molecular formula is C27H28N6O3. The van der Waals surface area contributed by atoms with Crippen LogP contribution >= 0.6 is 0 Å². The number of rotatable bonds is 8. The molecule has 0 aliphatic heterocycles. The molecule has 184 valence electrons. The molecule has 0 atom stereocenters. The standard InChI is InChI=1S/C27H28N6O3/c1-27(2,35)17-11-12-23(30-15-17)33-24-14-22(19(16-31-24)26(34)28-3)32-21-10-7-8-18(25(21)36-4)20-9-5-6-13-29-20/h5-16,35H,1-4H3,(H,28,34)(H2,30,31,32,33)/i3D3. The number of hydrogen-bond acceptors (Lipinski definition) is 8. The van der Waals surface area contributed by atoms with Gasteiger partial charge in [-0.15, -0.1) is 0 Å². The minimum Gasteiger partial charge on any atom is -0.494 e. The normalized spacial score (nSPS) is 12.6. The summed E-state index contributed by atoms with van der Waals surface area (Å²) in [5.74, 6) is 0.444. The van der Waals surface area contributed by atoms with Crippen molar-refractivity contribution in [3.05, 3.63) is 84.3 Å². The molecule has 3 aromatic heterocycles. The Morgan fingerprint density at radius 1 is 0.972 bits per heavy atom. The van der Waals surface area contributed by atoms with Crippen LogP contribution in [0.5, 0.6) is 5.75 Å². The smallest absolute Gasteiger partial charge is 0.254 e. The van der Waals surface area contributed by atoms with Gasteiger partial charge in [-0.2, -0.15) is 0 Å². The average Bonchev–Trinajstić information content (AvgIpc) is 2.88. The summed E-state index contributed by atoms with van der Waals surface area (Å²) in [7, 11) is 1.53. The second-order valence-electron chi connectivity index (χ2n) is 8.41. The van der Waals surface area contributed by atoms with Gasteiger partial charge < -0.3 is 25.8 Å². The maximum absolute atomic E-state index is 12.9. The van der Waals surface area contributed by atoms with Gasteiger partial charge in [0, 0.05) is 46.9 Å². The largest absolute Gasteiger partial charge is 0.494 e.